The molecule has 0 rings (SSSR count). The van der Waals surface area contributed by atoms with Crippen LogP contribution in [0.15, 0.2) is 0 Å². The van der Waals surface area contributed by atoms with Crippen LogP contribution in [0.4, 0.5) is 4.79 Å². The van der Waals surface area contributed by atoms with Gasteiger partial charge in [0.15, 0.2) is 0 Å². The van der Waals surface area contributed by atoms with Crippen molar-refractivity contribution in [3.05, 3.63) is 0 Å². The van der Waals surface area contributed by atoms with Gasteiger partial charge in [-0.05, 0) is 27.2 Å². The molecule has 0 unspecified atom stereocenters. The van der Waals surface area contributed by atoms with Crippen LogP contribution in [0.5, 0.6) is 0 Å². The summed E-state index contributed by atoms with van der Waals surface area (Å²) >= 11 is 0. The van der Waals surface area contributed by atoms with E-state index in [0.717, 1.165) is 12.8 Å². The molecule has 128 valence electrons. The molecule has 0 saturated heterocycles. The molecule has 7 heteroatoms. The number of nitrogens with zero attached hydrogens (tertiary/aromatic N) is 1. The first-order valence-corrected chi connectivity index (χ1v) is 7.63. The molecule has 3 amide bonds. The Balaban J connectivity index is 3.85. The molecule has 0 heterocycles. The van der Waals surface area contributed by atoms with Gasteiger partial charge in [0.25, 0.3) is 0 Å². The highest BCUT2D eigenvalue weighted by Crippen LogP contribution is 2.08. The van der Waals surface area contributed by atoms with Crippen LogP contribution >= 0.6 is 0 Å². The fourth-order valence-electron chi connectivity index (χ4n) is 1.51. The lowest BCUT2D eigenvalue weighted by molar-refractivity contribution is -0.123. The number of likely N-dealkylation sites (N-methyl/N-ethyl adjacent to an activating group) is 1. The zero-order valence-electron chi connectivity index (χ0n) is 14.3. The number of carbonyl (C=O) groups excluding carboxylic acids is 3. The molecule has 0 aromatic heterocycles. The first kappa shape index (κ1) is 20.2. The van der Waals surface area contributed by atoms with Crippen molar-refractivity contribution < 1.29 is 19.1 Å². The highest BCUT2D eigenvalue weighted by molar-refractivity contribution is 5.82. The largest absolute Gasteiger partial charge is 0.444 e. The Morgan fingerprint density at radius 3 is 2.09 bits per heavy atom. The maximum Gasteiger partial charge on any atom is 0.410 e. The zero-order chi connectivity index (χ0) is 17.2. The van der Waals surface area contributed by atoms with Gasteiger partial charge in [0.05, 0.1) is 0 Å². The molecule has 0 saturated carbocycles. The molecule has 0 radical (unpaired) electrons. The molecule has 0 aromatic carbocycles. The number of carbonyl (C=O) groups is 3. The van der Waals surface area contributed by atoms with Crippen molar-refractivity contribution in [1.82, 2.24) is 15.5 Å². The van der Waals surface area contributed by atoms with E-state index >= 15 is 0 Å². The van der Waals surface area contributed by atoms with E-state index in [9.17, 15) is 14.4 Å². The molecule has 0 aliphatic rings. The van der Waals surface area contributed by atoms with Crippen LogP contribution in [-0.4, -0.2) is 55.1 Å². The van der Waals surface area contributed by atoms with E-state index in [4.69, 9.17) is 4.74 Å². The van der Waals surface area contributed by atoms with Crippen molar-refractivity contribution in [3.8, 4) is 0 Å². The van der Waals surface area contributed by atoms with Crippen molar-refractivity contribution in [1.29, 1.82) is 0 Å². The smallest absolute Gasteiger partial charge is 0.410 e. The minimum Gasteiger partial charge on any atom is -0.444 e. The molecule has 0 aliphatic carbocycles. The molecule has 0 atom stereocenters. The van der Waals surface area contributed by atoms with Gasteiger partial charge in [-0.15, -0.1) is 0 Å². The molecule has 0 spiro atoms. The first-order valence-electron chi connectivity index (χ1n) is 7.63. The highest BCUT2D eigenvalue weighted by Gasteiger charge is 2.20. The molecule has 0 aliphatic heterocycles. The van der Waals surface area contributed by atoms with E-state index < -0.39 is 11.7 Å². The Labute approximate surface area is 132 Å². The van der Waals surface area contributed by atoms with Gasteiger partial charge >= 0.3 is 6.09 Å². The number of ether oxygens (including phenoxy) is 1. The van der Waals surface area contributed by atoms with Gasteiger partial charge in [0, 0.05) is 26.6 Å². The maximum absolute atomic E-state index is 11.7. The minimum absolute atomic E-state index is 0.0121. The fourth-order valence-corrected chi connectivity index (χ4v) is 1.51. The van der Waals surface area contributed by atoms with Crippen molar-refractivity contribution in [2.24, 2.45) is 0 Å². The van der Waals surface area contributed by atoms with E-state index in [1.807, 2.05) is 6.92 Å². The third-order valence-electron chi connectivity index (χ3n) is 2.61. The summed E-state index contributed by atoms with van der Waals surface area (Å²) in [7, 11) is 1.50. The second kappa shape index (κ2) is 10.0. The Morgan fingerprint density at radius 1 is 1.05 bits per heavy atom. The zero-order valence-corrected chi connectivity index (χ0v) is 14.3. The maximum atomic E-state index is 11.7. The lowest BCUT2D eigenvalue weighted by Gasteiger charge is -2.24. The molecule has 0 fully saturated rings. The SMILES string of the molecule is CCCCC(=O)NCCNC(=O)CN(C)C(=O)OC(C)(C)C. The summed E-state index contributed by atoms with van der Waals surface area (Å²) in [4.78, 5) is 35.9. The van der Waals surface area contributed by atoms with Crippen molar-refractivity contribution in [3.63, 3.8) is 0 Å². The van der Waals surface area contributed by atoms with Crippen molar-refractivity contribution in [2.75, 3.05) is 26.7 Å². The minimum atomic E-state index is -0.593. The lowest BCUT2D eigenvalue weighted by atomic mass is 10.2. The molecule has 22 heavy (non-hydrogen) atoms. The summed E-state index contributed by atoms with van der Waals surface area (Å²) in [5.74, 6) is -0.307. The molecular formula is C15H29N3O4. The molecule has 7 nitrogen and oxygen atoms in total. The average Bonchev–Trinajstić information content (AvgIpc) is 2.39. The van der Waals surface area contributed by atoms with Gasteiger partial charge in [-0.2, -0.15) is 0 Å². The molecule has 0 bridgehead atoms. The summed E-state index contributed by atoms with van der Waals surface area (Å²) in [5, 5.41) is 5.36. The Bertz CT molecular complexity index is 377. The van der Waals surface area contributed by atoms with E-state index in [0.29, 0.717) is 19.5 Å². The van der Waals surface area contributed by atoms with Gasteiger partial charge in [-0.1, -0.05) is 13.3 Å². The Hall–Kier alpha value is -1.79. The summed E-state index contributed by atoms with van der Waals surface area (Å²) < 4.78 is 5.14. The van der Waals surface area contributed by atoms with Crippen molar-refractivity contribution in [2.45, 2.75) is 52.6 Å². The van der Waals surface area contributed by atoms with Crippen LogP contribution in [0, 0.1) is 0 Å². The molecular weight excluding hydrogens is 286 g/mol. The normalized spacial score (nSPS) is 10.8. The number of amides is 3. The van der Waals surface area contributed by atoms with Crippen LogP contribution < -0.4 is 10.6 Å². The topological polar surface area (TPSA) is 87.7 Å². The molecule has 2 N–H and O–H groups in total. The second-order valence-electron chi connectivity index (χ2n) is 6.14. The van der Waals surface area contributed by atoms with Gasteiger partial charge in [-0.3, -0.25) is 9.59 Å². The summed E-state index contributed by atoms with van der Waals surface area (Å²) in [6.07, 6.45) is 1.79. The predicted molar refractivity (Wildman–Crippen MR) is 84.4 cm³/mol. The van der Waals surface area contributed by atoms with E-state index in [1.165, 1.54) is 11.9 Å². The van der Waals surface area contributed by atoms with Crippen LogP contribution in [0.1, 0.15) is 47.0 Å². The van der Waals surface area contributed by atoms with Gasteiger partial charge in [0.1, 0.15) is 12.1 Å². The highest BCUT2D eigenvalue weighted by atomic mass is 16.6. The van der Waals surface area contributed by atoms with Gasteiger partial charge < -0.3 is 20.3 Å². The van der Waals surface area contributed by atoms with E-state index in [1.54, 1.807) is 20.8 Å². The second-order valence-corrected chi connectivity index (χ2v) is 6.14. The number of rotatable bonds is 8. The third kappa shape index (κ3) is 10.9. The summed E-state index contributed by atoms with van der Waals surface area (Å²) in [6, 6.07) is 0. The number of unbranched alkanes of at least 4 members (excludes halogenated alkanes) is 1. The first-order chi connectivity index (χ1) is 10.2. The predicted octanol–water partition coefficient (Wildman–Crippen LogP) is 1.28. The lowest BCUT2D eigenvalue weighted by Crippen LogP contribution is -2.42. The quantitative estimate of drug-likeness (QED) is 0.660. The standard InChI is InChI=1S/C15H29N3O4/c1-6-7-8-12(19)16-9-10-17-13(20)11-18(5)14(21)22-15(2,3)4/h6-11H2,1-5H3,(H,16,19)(H,17,20). The third-order valence-corrected chi connectivity index (χ3v) is 2.61. The molecule has 0 aromatic rings. The number of nitrogens with one attached hydrogen (secondary N) is 2. The van der Waals surface area contributed by atoms with Crippen LogP contribution in [-0.2, 0) is 14.3 Å². The van der Waals surface area contributed by atoms with Crippen LogP contribution in [0.25, 0.3) is 0 Å². The monoisotopic (exact) mass is 315 g/mol. The van der Waals surface area contributed by atoms with Gasteiger partial charge in [-0.25, -0.2) is 4.79 Å². The number of hydrogen-bond donors (Lipinski definition) is 2. The van der Waals surface area contributed by atoms with Crippen molar-refractivity contribution >= 4 is 17.9 Å². The Morgan fingerprint density at radius 2 is 1.59 bits per heavy atom. The fraction of sp³-hybridized carbons (Fsp3) is 0.800. The number of hydrogen-bond acceptors (Lipinski definition) is 4. The summed E-state index contributed by atoms with van der Waals surface area (Å²) in [6.45, 7) is 7.94. The van der Waals surface area contributed by atoms with E-state index in [-0.39, 0.29) is 18.4 Å². The van der Waals surface area contributed by atoms with E-state index in [2.05, 4.69) is 10.6 Å². The van der Waals surface area contributed by atoms with Crippen LogP contribution in [0.3, 0.4) is 0 Å². The Kier molecular flexibility index (Phi) is 9.21. The average molecular weight is 315 g/mol. The van der Waals surface area contributed by atoms with Crippen LogP contribution in [0.2, 0.25) is 0 Å². The van der Waals surface area contributed by atoms with Gasteiger partial charge in [0.2, 0.25) is 11.8 Å². The summed E-state index contributed by atoms with van der Waals surface area (Å²) in [5.41, 5.74) is -0.593.